The van der Waals surface area contributed by atoms with Crippen LogP contribution in [0.3, 0.4) is 0 Å². The van der Waals surface area contributed by atoms with Gasteiger partial charge in [0, 0.05) is 6.54 Å². The first-order valence-electron chi connectivity index (χ1n) is 6.32. The zero-order valence-corrected chi connectivity index (χ0v) is 12.7. The highest BCUT2D eigenvalue weighted by Crippen LogP contribution is 2.08. The quantitative estimate of drug-likeness (QED) is 0.713. The number of aryl methyl sites for hydroxylation is 2. The van der Waals surface area contributed by atoms with Crippen molar-refractivity contribution in [1.29, 1.82) is 0 Å². The molecule has 6 heteroatoms. The van der Waals surface area contributed by atoms with Crippen molar-refractivity contribution < 1.29 is 9.59 Å². The summed E-state index contributed by atoms with van der Waals surface area (Å²) in [5.41, 5.74) is 8.75. The third-order valence-electron chi connectivity index (χ3n) is 2.65. The Labute approximate surface area is 125 Å². The van der Waals surface area contributed by atoms with Gasteiger partial charge in [0.2, 0.25) is 11.8 Å². The minimum atomic E-state index is -0.329. The number of nitrogens with two attached hydrogens (primary N) is 1. The average molecular weight is 300 g/mol. The molecule has 0 aromatic heterocycles. The zero-order chi connectivity index (χ0) is 14.3. The molecule has 0 bridgehead atoms. The van der Waals surface area contributed by atoms with Crippen LogP contribution in [-0.4, -0.2) is 31.4 Å². The Morgan fingerprint density at radius 3 is 2.20 bits per heavy atom. The third kappa shape index (κ3) is 7.11. The van der Waals surface area contributed by atoms with E-state index in [0.717, 1.165) is 6.42 Å². The number of hydrogen-bond donors (Lipinski definition) is 3. The third-order valence-corrected chi connectivity index (χ3v) is 2.65. The van der Waals surface area contributed by atoms with Gasteiger partial charge in [-0.25, -0.2) is 0 Å². The smallest absolute Gasteiger partial charge is 0.239 e. The summed E-state index contributed by atoms with van der Waals surface area (Å²) < 4.78 is 0. The molecule has 0 saturated carbocycles. The molecule has 4 N–H and O–H groups in total. The van der Waals surface area contributed by atoms with Crippen LogP contribution < -0.4 is 16.4 Å². The number of benzene rings is 1. The van der Waals surface area contributed by atoms with Crippen LogP contribution in [0.5, 0.6) is 0 Å². The van der Waals surface area contributed by atoms with Crippen LogP contribution >= 0.6 is 12.4 Å². The minimum absolute atomic E-state index is 0. The number of nitrogens with one attached hydrogen (secondary N) is 2. The van der Waals surface area contributed by atoms with Crippen molar-refractivity contribution in [1.82, 2.24) is 10.6 Å². The normalized spacial score (nSPS) is 9.55. The Balaban J connectivity index is 0.00000361. The first-order chi connectivity index (χ1) is 9.01. The van der Waals surface area contributed by atoms with Crippen molar-refractivity contribution >= 4 is 24.2 Å². The Morgan fingerprint density at radius 2 is 1.65 bits per heavy atom. The molecule has 0 fully saturated rings. The van der Waals surface area contributed by atoms with Crippen molar-refractivity contribution in [2.24, 2.45) is 5.73 Å². The molecule has 0 aliphatic carbocycles. The molecule has 0 atom stereocenters. The number of rotatable bonds is 6. The fourth-order valence-electron chi connectivity index (χ4n) is 1.87. The second-order valence-corrected chi connectivity index (χ2v) is 4.58. The van der Waals surface area contributed by atoms with Crippen molar-refractivity contribution in [3.8, 4) is 0 Å². The molecule has 1 aromatic carbocycles. The lowest BCUT2D eigenvalue weighted by molar-refractivity contribution is -0.125. The fraction of sp³-hybridized carbons (Fsp3) is 0.429. The van der Waals surface area contributed by atoms with Gasteiger partial charge in [-0.1, -0.05) is 29.3 Å². The highest BCUT2D eigenvalue weighted by atomic mass is 35.5. The molecule has 0 saturated heterocycles. The minimum Gasteiger partial charge on any atom is -0.354 e. The van der Waals surface area contributed by atoms with Crippen LogP contribution in [0.2, 0.25) is 0 Å². The molecule has 1 aromatic rings. The number of halogens is 1. The van der Waals surface area contributed by atoms with Crippen LogP contribution in [0.4, 0.5) is 0 Å². The first-order valence-corrected chi connectivity index (χ1v) is 6.32. The lowest BCUT2D eigenvalue weighted by Crippen LogP contribution is -2.40. The summed E-state index contributed by atoms with van der Waals surface area (Å²) in [6.07, 6.45) is 0.777. The number of amides is 2. The van der Waals surface area contributed by atoms with E-state index in [1.807, 2.05) is 0 Å². The summed E-state index contributed by atoms with van der Waals surface area (Å²) in [7, 11) is 0. The van der Waals surface area contributed by atoms with Crippen molar-refractivity contribution in [2.45, 2.75) is 20.3 Å². The van der Waals surface area contributed by atoms with Gasteiger partial charge < -0.3 is 16.4 Å². The van der Waals surface area contributed by atoms with E-state index in [1.54, 1.807) is 0 Å². The second-order valence-electron chi connectivity index (χ2n) is 4.58. The second kappa shape index (κ2) is 9.34. The van der Waals surface area contributed by atoms with Gasteiger partial charge >= 0.3 is 0 Å². The van der Waals surface area contributed by atoms with Gasteiger partial charge in [-0.3, -0.25) is 9.59 Å². The molecule has 0 radical (unpaired) electrons. The van der Waals surface area contributed by atoms with Gasteiger partial charge in [-0.2, -0.15) is 0 Å². The van der Waals surface area contributed by atoms with E-state index in [0.29, 0.717) is 6.54 Å². The van der Waals surface area contributed by atoms with Crippen LogP contribution in [-0.2, 0) is 16.0 Å². The molecule has 0 aliphatic heterocycles. The molecule has 20 heavy (non-hydrogen) atoms. The molecule has 2 amide bonds. The van der Waals surface area contributed by atoms with E-state index < -0.39 is 0 Å². The Hall–Kier alpha value is -1.59. The Bertz CT molecular complexity index is 443. The standard InChI is InChI=1S/C14H21N3O2.ClH/c1-10-5-11(2)7-12(6-10)3-4-16-14(19)9-17-13(18)8-15;/h5-7H,3-4,8-9,15H2,1-2H3,(H,16,19)(H,17,18);1H. The SMILES string of the molecule is Cc1cc(C)cc(CCNC(=O)CNC(=O)CN)c1.Cl. The van der Waals surface area contributed by atoms with Crippen LogP contribution in [0.15, 0.2) is 18.2 Å². The first kappa shape index (κ1) is 18.4. The van der Waals surface area contributed by atoms with Gasteiger partial charge in [0.05, 0.1) is 13.1 Å². The Morgan fingerprint density at radius 1 is 1.05 bits per heavy atom. The average Bonchev–Trinajstić information content (AvgIpc) is 2.34. The summed E-state index contributed by atoms with van der Waals surface area (Å²) in [6, 6.07) is 6.33. The lowest BCUT2D eigenvalue weighted by atomic mass is 10.1. The summed E-state index contributed by atoms with van der Waals surface area (Å²) >= 11 is 0. The molecule has 0 heterocycles. The monoisotopic (exact) mass is 299 g/mol. The fourth-order valence-corrected chi connectivity index (χ4v) is 1.87. The summed E-state index contributed by atoms with van der Waals surface area (Å²) in [6.45, 7) is 4.54. The van der Waals surface area contributed by atoms with Gasteiger partial charge in [0.15, 0.2) is 0 Å². The van der Waals surface area contributed by atoms with E-state index >= 15 is 0 Å². The van der Waals surface area contributed by atoms with Crippen molar-refractivity contribution in [3.63, 3.8) is 0 Å². The predicted molar refractivity (Wildman–Crippen MR) is 81.9 cm³/mol. The molecule has 0 aliphatic rings. The lowest BCUT2D eigenvalue weighted by Gasteiger charge is -2.07. The number of carbonyl (C=O) groups is 2. The molecule has 1 rings (SSSR count). The van der Waals surface area contributed by atoms with Gasteiger partial charge in [-0.15, -0.1) is 12.4 Å². The highest BCUT2D eigenvalue weighted by Gasteiger charge is 2.03. The van der Waals surface area contributed by atoms with E-state index in [1.165, 1.54) is 16.7 Å². The summed E-state index contributed by atoms with van der Waals surface area (Å²) in [4.78, 5) is 22.3. The van der Waals surface area contributed by atoms with Crippen LogP contribution in [0.1, 0.15) is 16.7 Å². The van der Waals surface area contributed by atoms with Gasteiger partial charge in [-0.05, 0) is 25.8 Å². The van der Waals surface area contributed by atoms with E-state index in [9.17, 15) is 9.59 Å². The molecular formula is C14H22ClN3O2. The summed E-state index contributed by atoms with van der Waals surface area (Å²) in [5.74, 6) is -0.532. The van der Waals surface area contributed by atoms with E-state index in [2.05, 4.69) is 42.7 Å². The number of carbonyl (C=O) groups excluding carboxylic acids is 2. The van der Waals surface area contributed by atoms with Crippen molar-refractivity contribution in [3.05, 3.63) is 34.9 Å². The maximum absolute atomic E-state index is 11.4. The maximum Gasteiger partial charge on any atom is 0.239 e. The number of hydrogen-bond acceptors (Lipinski definition) is 3. The van der Waals surface area contributed by atoms with Gasteiger partial charge in [0.25, 0.3) is 0 Å². The zero-order valence-electron chi connectivity index (χ0n) is 11.9. The largest absolute Gasteiger partial charge is 0.354 e. The van der Waals surface area contributed by atoms with E-state index in [-0.39, 0.29) is 37.3 Å². The van der Waals surface area contributed by atoms with E-state index in [4.69, 9.17) is 5.73 Å². The molecule has 5 nitrogen and oxygen atoms in total. The molecular weight excluding hydrogens is 278 g/mol. The summed E-state index contributed by atoms with van der Waals surface area (Å²) in [5, 5.41) is 5.18. The van der Waals surface area contributed by atoms with Crippen LogP contribution in [0, 0.1) is 13.8 Å². The van der Waals surface area contributed by atoms with Gasteiger partial charge in [0.1, 0.15) is 0 Å². The predicted octanol–water partition coefficient (Wildman–Crippen LogP) is 0.459. The molecule has 0 unspecified atom stereocenters. The topological polar surface area (TPSA) is 84.2 Å². The van der Waals surface area contributed by atoms with Crippen molar-refractivity contribution in [2.75, 3.05) is 19.6 Å². The molecule has 112 valence electrons. The highest BCUT2D eigenvalue weighted by molar-refractivity contribution is 5.85. The van der Waals surface area contributed by atoms with Crippen LogP contribution in [0.25, 0.3) is 0 Å². The molecule has 0 spiro atoms. The maximum atomic E-state index is 11.4. The Kier molecular flexibility index (Phi) is 8.59.